The predicted octanol–water partition coefficient (Wildman–Crippen LogP) is 4.25. The molecule has 118 valence electrons. The van der Waals surface area contributed by atoms with Crippen LogP contribution in [-0.4, -0.2) is 10.9 Å². The Hall–Kier alpha value is -2.42. The highest BCUT2D eigenvalue weighted by Crippen LogP contribution is 2.28. The lowest BCUT2D eigenvalue weighted by Crippen LogP contribution is -2.18. The number of aryl methyl sites for hydroxylation is 1. The second-order valence-electron chi connectivity index (χ2n) is 6.39. The SMILES string of the molecule is CC(C)/C=C(/Cc1cccnc1)c1ccc2c(c1)CCC(=O)N2. The molecule has 0 saturated heterocycles. The lowest BCUT2D eigenvalue weighted by molar-refractivity contribution is -0.116. The standard InChI is InChI=1S/C20H22N2O/c1-14(2)10-18(11-15-4-3-9-21-13-15)16-5-7-19-17(12-16)6-8-20(23)22-19/h3-5,7,9-10,12-14H,6,8,11H2,1-2H3,(H,22,23)/b18-10-. The molecule has 3 rings (SSSR count). The highest BCUT2D eigenvalue weighted by molar-refractivity contribution is 5.94. The third-order valence-electron chi connectivity index (χ3n) is 4.02. The van der Waals surface area contributed by atoms with Crippen LogP contribution in [0.25, 0.3) is 5.57 Å². The Kier molecular flexibility index (Phi) is 4.56. The Morgan fingerprint density at radius 1 is 1.30 bits per heavy atom. The van der Waals surface area contributed by atoms with Crippen LogP contribution in [0.15, 0.2) is 48.8 Å². The van der Waals surface area contributed by atoms with E-state index >= 15 is 0 Å². The average Bonchev–Trinajstić information content (AvgIpc) is 2.54. The molecule has 0 aliphatic carbocycles. The van der Waals surface area contributed by atoms with Crippen molar-refractivity contribution in [2.24, 2.45) is 5.92 Å². The van der Waals surface area contributed by atoms with Crippen molar-refractivity contribution in [3.05, 3.63) is 65.5 Å². The first kappa shape index (κ1) is 15.5. The molecule has 1 aromatic heterocycles. The smallest absolute Gasteiger partial charge is 0.224 e. The Balaban J connectivity index is 1.93. The first-order valence-electron chi connectivity index (χ1n) is 8.14. The first-order valence-corrected chi connectivity index (χ1v) is 8.14. The van der Waals surface area contributed by atoms with Crippen molar-refractivity contribution in [3.63, 3.8) is 0 Å². The van der Waals surface area contributed by atoms with E-state index in [0.717, 1.165) is 18.5 Å². The quantitative estimate of drug-likeness (QED) is 0.917. The van der Waals surface area contributed by atoms with Crippen molar-refractivity contribution >= 4 is 17.2 Å². The van der Waals surface area contributed by atoms with Gasteiger partial charge in [-0.1, -0.05) is 32.1 Å². The highest BCUT2D eigenvalue weighted by atomic mass is 16.1. The number of pyridine rings is 1. The van der Waals surface area contributed by atoms with Crippen molar-refractivity contribution in [1.29, 1.82) is 0 Å². The molecule has 0 spiro atoms. The Bertz CT molecular complexity index is 733. The molecule has 23 heavy (non-hydrogen) atoms. The molecule has 1 aliphatic rings. The van der Waals surface area contributed by atoms with Crippen LogP contribution in [0.3, 0.4) is 0 Å². The van der Waals surface area contributed by atoms with Gasteiger partial charge in [-0.15, -0.1) is 0 Å². The van der Waals surface area contributed by atoms with Crippen LogP contribution in [-0.2, 0) is 17.6 Å². The van der Waals surface area contributed by atoms with Gasteiger partial charge < -0.3 is 5.32 Å². The number of allylic oxidation sites excluding steroid dienone is 2. The molecule has 1 N–H and O–H groups in total. The fraction of sp³-hybridized carbons (Fsp3) is 0.300. The maximum absolute atomic E-state index is 11.5. The number of amides is 1. The maximum Gasteiger partial charge on any atom is 0.224 e. The fourth-order valence-corrected chi connectivity index (χ4v) is 2.97. The number of carbonyl (C=O) groups excluding carboxylic acids is 1. The van der Waals surface area contributed by atoms with Crippen molar-refractivity contribution in [1.82, 2.24) is 4.98 Å². The minimum Gasteiger partial charge on any atom is -0.326 e. The Labute approximate surface area is 137 Å². The van der Waals surface area contributed by atoms with Crippen molar-refractivity contribution < 1.29 is 4.79 Å². The summed E-state index contributed by atoms with van der Waals surface area (Å²) < 4.78 is 0. The monoisotopic (exact) mass is 306 g/mol. The Morgan fingerprint density at radius 3 is 2.91 bits per heavy atom. The molecule has 0 unspecified atom stereocenters. The molecule has 3 nitrogen and oxygen atoms in total. The van der Waals surface area contributed by atoms with Crippen LogP contribution in [0, 0.1) is 5.92 Å². The van der Waals surface area contributed by atoms with Gasteiger partial charge in [0, 0.05) is 24.5 Å². The van der Waals surface area contributed by atoms with Gasteiger partial charge >= 0.3 is 0 Å². The van der Waals surface area contributed by atoms with E-state index in [2.05, 4.69) is 48.4 Å². The fourth-order valence-electron chi connectivity index (χ4n) is 2.97. The number of carbonyl (C=O) groups is 1. The summed E-state index contributed by atoms with van der Waals surface area (Å²) in [6.07, 6.45) is 8.30. The number of fused-ring (bicyclic) bond motifs is 1. The average molecular weight is 306 g/mol. The van der Waals surface area contributed by atoms with Crippen LogP contribution in [0.1, 0.15) is 37.0 Å². The summed E-state index contributed by atoms with van der Waals surface area (Å²) in [7, 11) is 0. The molecule has 0 fully saturated rings. The van der Waals surface area contributed by atoms with Crippen LogP contribution >= 0.6 is 0 Å². The largest absolute Gasteiger partial charge is 0.326 e. The number of aromatic nitrogens is 1. The molecule has 1 aromatic carbocycles. The van der Waals surface area contributed by atoms with Gasteiger partial charge in [-0.25, -0.2) is 0 Å². The van der Waals surface area contributed by atoms with Gasteiger partial charge in [-0.2, -0.15) is 0 Å². The van der Waals surface area contributed by atoms with Gasteiger partial charge in [-0.05, 0) is 59.2 Å². The van der Waals surface area contributed by atoms with E-state index in [1.54, 1.807) is 6.20 Å². The van der Waals surface area contributed by atoms with Gasteiger partial charge in [0.1, 0.15) is 0 Å². The molecular weight excluding hydrogens is 284 g/mol. The topological polar surface area (TPSA) is 42.0 Å². The van der Waals surface area contributed by atoms with Gasteiger partial charge in [0.15, 0.2) is 0 Å². The zero-order chi connectivity index (χ0) is 16.2. The Morgan fingerprint density at radius 2 is 2.17 bits per heavy atom. The van der Waals surface area contributed by atoms with E-state index in [9.17, 15) is 4.79 Å². The van der Waals surface area contributed by atoms with Gasteiger partial charge in [-0.3, -0.25) is 9.78 Å². The maximum atomic E-state index is 11.5. The third-order valence-corrected chi connectivity index (χ3v) is 4.02. The van der Waals surface area contributed by atoms with Crippen LogP contribution in [0.5, 0.6) is 0 Å². The van der Waals surface area contributed by atoms with Crippen LogP contribution < -0.4 is 5.32 Å². The van der Waals surface area contributed by atoms with Gasteiger partial charge in [0.05, 0.1) is 0 Å². The van der Waals surface area contributed by atoms with Gasteiger partial charge in [0.25, 0.3) is 0 Å². The van der Waals surface area contributed by atoms with Crippen LogP contribution in [0.4, 0.5) is 5.69 Å². The summed E-state index contributed by atoms with van der Waals surface area (Å²) in [5.74, 6) is 0.593. The molecule has 1 aliphatic heterocycles. The lowest BCUT2D eigenvalue weighted by atomic mass is 9.92. The number of hydrogen-bond acceptors (Lipinski definition) is 2. The van der Waals surface area contributed by atoms with Crippen molar-refractivity contribution in [2.45, 2.75) is 33.1 Å². The molecule has 2 heterocycles. The first-order chi connectivity index (χ1) is 11.1. The second-order valence-corrected chi connectivity index (χ2v) is 6.39. The molecular formula is C20H22N2O. The summed E-state index contributed by atoms with van der Waals surface area (Å²) in [5, 5.41) is 2.95. The number of anilines is 1. The summed E-state index contributed by atoms with van der Waals surface area (Å²) in [4.78, 5) is 15.7. The zero-order valence-electron chi connectivity index (χ0n) is 13.7. The molecule has 3 heteroatoms. The van der Waals surface area contributed by atoms with E-state index in [-0.39, 0.29) is 5.91 Å². The number of rotatable bonds is 4. The normalized spacial score (nSPS) is 14.6. The van der Waals surface area contributed by atoms with Crippen molar-refractivity contribution in [2.75, 3.05) is 5.32 Å². The third kappa shape index (κ3) is 3.86. The van der Waals surface area contributed by atoms with E-state index in [4.69, 9.17) is 0 Å². The van der Waals surface area contributed by atoms with E-state index in [1.807, 2.05) is 18.3 Å². The predicted molar refractivity (Wildman–Crippen MR) is 94.1 cm³/mol. The molecule has 0 saturated carbocycles. The van der Waals surface area contributed by atoms with E-state index < -0.39 is 0 Å². The molecule has 0 radical (unpaired) electrons. The second kappa shape index (κ2) is 6.78. The van der Waals surface area contributed by atoms with E-state index in [1.165, 1.54) is 22.3 Å². The number of nitrogens with zero attached hydrogens (tertiary/aromatic N) is 1. The van der Waals surface area contributed by atoms with Crippen molar-refractivity contribution in [3.8, 4) is 0 Å². The summed E-state index contributed by atoms with van der Waals surface area (Å²) in [6.45, 7) is 4.39. The zero-order valence-corrected chi connectivity index (χ0v) is 13.7. The number of hydrogen-bond donors (Lipinski definition) is 1. The highest BCUT2D eigenvalue weighted by Gasteiger charge is 2.16. The number of benzene rings is 1. The lowest BCUT2D eigenvalue weighted by Gasteiger charge is -2.19. The summed E-state index contributed by atoms with van der Waals surface area (Å²) in [5.41, 5.74) is 5.94. The van der Waals surface area contributed by atoms with Crippen LogP contribution in [0.2, 0.25) is 0 Å². The summed E-state index contributed by atoms with van der Waals surface area (Å²) in [6, 6.07) is 10.4. The number of nitrogens with one attached hydrogen (secondary N) is 1. The molecule has 2 aromatic rings. The summed E-state index contributed by atoms with van der Waals surface area (Å²) >= 11 is 0. The molecule has 0 atom stereocenters. The molecule has 0 bridgehead atoms. The minimum absolute atomic E-state index is 0.110. The van der Waals surface area contributed by atoms with Gasteiger partial charge in [0.2, 0.25) is 5.91 Å². The minimum atomic E-state index is 0.110. The van der Waals surface area contributed by atoms with E-state index in [0.29, 0.717) is 12.3 Å². The molecule has 1 amide bonds.